The normalized spacial score (nSPS) is 29.1. The largest absolute Gasteiger partial charge is 0.344 e. The number of hydrogen-bond acceptors (Lipinski definition) is 3. The Bertz CT molecular complexity index is 323. The summed E-state index contributed by atoms with van der Waals surface area (Å²) in [5.41, 5.74) is 5.17. The molecule has 0 radical (unpaired) electrons. The van der Waals surface area contributed by atoms with Gasteiger partial charge in [-0.25, -0.2) is 0 Å². The van der Waals surface area contributed by atoms with Crippen LogP contribution in [0.4, 0.5) is 0 Å². The molecule has 3 N–H and O–H groups in total. The quantitative estimate of drug-likeness (QED) is 0.677. The second-order valence-corrected chi connectivity index (χ2v) is 5.13. The van der Waals surface area contributed by atoms with Crippen LogP contribution in [0.25, 0.3) is 0 Å². The van der Waals surface area contributed by atoms with Gasteiger partial charge in [0.25, 0.3) is 0 Å². The van der Waals surface area contributed by atoms with E-state index < -0.39 is 5.54 Å². The van der Waals surface area contributed by atoms with Crippen molar-refractivity contribution in [3.63, 3.8) is 0 Å². The van der Waals surface area contributed by atoms with Gasteiger partial charge in [0, 0.05) is 13.6 Å². The van der Waals surface area contributed by atoms with Gasteiger partial charge in [-0.2, -0.15) is 0 Å². The molecule has 1 saturated carbocycles. The van der Waals surface area contributed by atoms with Crippen LogP contribution in [0.5, 0.6) is 0 Å². The maximum absolute atomic E-state index is 11.9. The van der Waals surface area contributed by atoms with Crippen LogP contribution in [0.2, 0.25) is 0 Å². The van der Waals surface area contributed by atoms with E-state index in [9.17, 15) is 9.59 Å². The Morgan fingerprint density at radius 2 is 2.12 bits per heavy atom. The molecule has 2 atom stereocenters. The number of likely N-dealkylation sites (tertiary alicyclic amines) is 1. The Morgan fingerprint density at radius 1 is 1.50 bits per heavy atom. The first-order chi connectivity index (χ1) is 7.43. The van der Waals surface area contributed by atoms with Crippen molar-refractivity contribution >= 4 is 11.8 Å². The van der Waals surface area contributed by atoms with E-state index in [0.29, 0.717) is 13.0 Å². The molecule has 16 heavy (non-hydrogen) atoms. The van der Waals surface area contributed by atoms with E-state index in [1.54, 1.807) is 18.9 Å². The van der Waals surface area contributed by atoms with Crippen LogP contribution in [-0.2, 0) is 9.59 Å². The van der Waals surface area contributed by atoms with Crippen molar-refractivity contribution in [2.75, 3.05) is 13.6 Å². The standard InChI is InChI=1S/C11H19N3O2/c1-11(12,7-3-4-7)10(16)13-8-5-6-14(2)9(8)15/h7-8H,3-6,12H2,1-2H3,(H,13,16). The third-order valence-electron chi connectivity index (χ3n) is 3.65. The first-order valence-electron chi connectivity index (χ1n) is 5.77. The second-order valence-electron chi connectivity index (χ2n) is 5.13. The molecule has 1 saturated heterocycles. The Morgan fingerprint density at radius 3 is 2.56 bits per heavy atom. The number of nitrogens with two attached hydrogens (primary N) is 1. The highest BCUT2D eigenvalue weighted by Crippen LogP contribution is 2.38. The topological polar surface area (TPSA) is 75.4 Å². The van der Waals surface area contributed by atoms with Crippen LogP contribution in [0.1, 0.15) is 26.2 Å². The number of amides is 2. The van der Waals surface area contributed by atoms with Gasteiger partial charge in [0.2, 0.25) is 11.8 Å². The first kappa shape index (κ1) is 11.4. The van der Waals surface area contributed by atoms with E-state index in [0.717, 1.165) is 12.8 Å². The van der Waals surface area contributed by atoms with E-state index >= 15 is 0 Å². The van der Waals surface area contributed by atoms with Gasteiger partial charge < -0.3 is 16.0 Å². The number of carbonyl (C=O) groups is 2. The molecule has 2 unspecified atom stereocenters. The summed E-state index contributed by atoms with van der Waals surface area (Å²) in [6, 6.07) is -0.376. The van der Waals surface area contributed by atoms with Gasteiger partial charge >= 0.3 is 0 Å². The summed E-state index contributed by atoms with van der Waals surface area (Å²) in [6.07, 6.45) is 2.71. The SMILES string of the molecule is CN1CCC(NC(=O)C(C)(N)C2CC2)C1=O. The molecule has 1 aliphatic heterocycles. The van der Waals surface area contributed by atoms with Gasteiger partial charge in [-0.1, -0.05) is 0 Å². The van der Waals surface area contributed by atoms with Crippen LogP contribution >= 0.6 is 0 Å². The third kappa shape index (κ3) is 1.91. The molecule has 0 aromatic carbocycles. The molecular weight excluding hydrogens is 206 g/mol. The zero-order valence-electron chi connectivity index (χ0n) is 9.82. The minimum atomic E-state index is -0.818. The summed E-state index contributed by atoms with van der Waals surface area (Å²) in [7, 11) is 1.75. The molecule has 5 heteroatoms. The smallest absolute Gasteiger partial charge is 0.244 e. The Labute approximate surface area is 95.3 Å². The number of nitrogens with zero attached hydrogens (tertiary/aromatic N) is 1. The molecule has 2 amide bonds. The van der Waals surface area contributed by atoms with Crippen molar-refractivity contribution in [1.29, 1.82) is 0 Å². The first-order valence-corrected chi connectivity index (χ1v) is 5.77. The second kappa shape index (κ2) is 3.73. The predicted molar refractivity (Wildman–Crippen MR) is 59.5 cm³/mol. The van der Waals surface area contributed by atoms with Crippen LogP contribution in [0, 0.1) is 5.92 Å². The highest BCUT2D eigenvalue weighted by atomic mass is 16.2. The molecule has 5 nitrogen and oxygen atoms in total. The maximum atomic E-state index is 11.9. The fraction of sp³-hybridized carbons (Fsp3) is 0.818. The van der Waals surface area contributed by atoms with Crippen molar-refractivity contribution in [3.8, 4) is 0 Å². The number of nitrogens with one attached hydrogen (secondary N) is 1. The number of hydrogen-bond donors (Lipinski definition) is 2. The van der Waals surface area contributed by atoms with E-state index in [2.05, 4.69) is 5.32 Å². The maximum Gasteiger partial charge on any atom is 0.244 e. The van der Waals surface area contributed by atoms with Gasteiger partial charge in [-0.15, -0.1) is 0 Å². The Balaban J connectivity index is 1.94. The molecule has 0 spiro atoms. The van der Waals surface area contributed by atoms with E-state index in [-0.39, 0.29) is 23.8 Å². The monoisotopic (exact) mass is 225 g/mol. The van der Waals surface area contributed by atoms with Crippen LogP contribution in [0.3, 0.4) is 0 Å². The summed E-state index contributed by atoms with van der Waals surface area (Å²) >= 11 is 0. The van der Waals surface area contributed by atoms with Crippen molar-refractivity contribution in [2.24, 2.45) is 11.7 Å². The summed E-state index contributed by atoms with van der Waals surface area (Å²) in [5, 5.41) is 2.77. The third-order valence-corrected chi connectivity index (χ3v) is 3.65. The van der Waals surface area contributed by atoms with E-state index in [4.69, 9.17) is 5.73 Å². The van der Waals surface area contributed by atoms with Crippen molar-refractivity contribution in [1.82, 2.24) is 10.2 Å². The van der Waals surface area contributed by atoms with Crippen molar-refractivity contribution in [2.45, 2.75) is 37.8 Å². The predicted octanol–water partition coefficient (Wildman–Crippen LogP) is -0.539. The van der Waals surface area contributed by atoms with Crippen LogP contribution in [0.15, 0.2) is 0 Å². The lowest BCUT2D eigenvalue weighted by molar-refractivity contribution is -0.133. The molecular formula is C11H19N3O2. The number of carbonyl (C=O) groups excluding carboxylic acids is 2. The van der Waals surface area contributed by atoms with Crippen molar-refractivity contribution < 1.29 is 9.59 Å². The minimum absolute atomic E-state index is 0.0139. The van der Waals surface area contributed by atoms with E-state index in [1.807, 2.05) is 0 Å². The molecule has 0 bridgehead atoms. The highest BCUT2D eigenvalue weighted by molar-refractivity contribution is 5.93. The summed E-state index contributed by atoms with van der Waals surface area (Å²) in [4.78, 5) is 25.2. The molecule has 0 aromatic heterocycles. The highest BCUT2D eigenvalue weighted by Gasteiger charge is 2.45. The molecule has 0 aromatic rings. The molecule has 2 aliphatic rings. The van der Waals surface area contributed by atoms with Crippen LogP contribution < -0.4 is 11.1 Å². The van der Waals surface area contributed by atoms with Crippen LogP contribution in [-0.4, -0.2) is 41.9 Å². The lowest BCUT2D eigenvalue weighted by atomic mass is 9.95. The lowest BCUT2D eigenvalue weighted by Gasteiger charge is -2.25. The van der Waals surface area contributed by atoms with Gasteiger partial charge in [0.15, 0.2) is 0 Å². The summed E-state index contributed by atoms with van der Waals surface area (Å²) < 4.78 is 0. The number of rotatable bonds is 3. The Hall–Kier alpha value is -1.10. The zero-order chi connectivity index (χ0) is 11.9. The average Bonchev–Trinajstić information content (AvgIpc) is 3.02. The van der Waals surface area contributed by atoms with Gasteiger partial charge in [-0.05, 0) is 32.1 Å². The average molecular weight is 225 g/mol. The minimum Gasteiger partial charge on any atom is -0.344 e. The zero-order valence-corrected chi connectivity index (χ0v) is 9.82. The molecule has 90 valence electrons. The molecule has 1 heterocycles. The molecule has 1 aliphatic carbocycles. The van der Waals surface area contributed by atoms with Gasteiger partial charge in [0.1, 0.15) is 6.04 Å². The van der Waals surface area contributed by atoms with E-state index in [1.165, 1.54) is 0 Å². The summed E-state index contributed by atoms with van der Waals surface area (Å²) in [5.74, 6) is 0.0744. The van der Waals surface area contributed by atoms with Gasteiger partial charge in [-0.3, -0.25) is 9.59 Å². The fourth-order valence-corrected chi connectivity index (χ4v) is 2.14. The van der Waals surface area contributed by atoms with Gasteiger partial charge in [0.05, 0.1) is 5.54 Å². The lowest BCUT2D eigenvalue weighted by Crippen LogP contribution is -2.56. The summed E-state index contributed by atoms with van der Waals surface area (Å²) in [6.45, 7) is 2.46. The Kier molecular flexibility index (Phi) is 2.66. The fourth-order valence-electron chi connectivity index (χ4n) is 2.14. The molecule has 2 fully saturated rings. The molecule has 2 rings (SSSR count). The number of likely N-dealkylation sites (N-methyl/N-ethyl adjacent to an activating group) is 1. The van der Waals surface area contributed by atoms with Crippen molar-refractivity contribution in [3.05, 3.63) is 0 Å².